The van der Waals surface area contributed by atoms with Crippen molar-refractivity contribution in [3.63, 3.8) is 0 Å². The third-order valence-electron chi connectivity index (χ3n) is 3.64. The molecule has 0 aromatic rings. The average Bonchev–Trinajstić information content (AvgIpc) is 2.19. The van der Waals surface area contributed by atoms with Crippen LogP contribution in [0.5, 0.6) is 0 Å². The van der Waals surface area contributed by atoms with Crippen LogP contribution in [0.15, 0.2) is 0 Å². The van der Waals surface area contributed by atoms with E-state index in [1.807, 2.05) is 6.92 Å². The summed E-state index contributed by atoms with van der Waals surface area (Å²) in [5.74, 6) is 1.14. The minimum absolute atomic E-state index is 0.0173. The average molecular weight is 212 g/mol. The Morgan fingerprint density at radius 3 is 2.67 bits per heavy atom. The normalized spacial score (nSPS) is 20.5. The van der Waals surface area contributed by atoms with E-state index in [0.29, 0.717) is 0 Å². The quantitative estimate of drug-likeness (QED) is 0.703. The van der Waals surface area contributed by atoms with Gasteiger partial charge in [-0.25, -0.2) is 0 Å². The van der Waals surface area contributed by atoms with Crippen molar-refractivity contribution in [1.82, 2.24) is 5.32 Å². The van der Waals surface area contributed by atoms with Crippen LogP contribution < -0.4 is 11.1 Å². The fraction of sp³-hybridized carbons (Fsp3) is 0.917. The summed E-state index contributed by atoms with van der Waals surface area (Å²) in [7, 11) is 0. The van der Waals surface area contributed by atoms with Crippen LogP contribution in [-0.4, -0.2) is 18.5 Å². The summed E-state index contributed by atoms with van der Waals surface area (Å²) in [6.07, 6.45) is 6.13. The molecule has 0 bridgehead atoms. The molecule has 0 aromatic heterocycles. The molecule has 88 valence electrons. The molecule has 1 aliphatic rings. The van der Waals surface area contributed by atoms with Crippen molar-refractivity contribution in [2.75, 3.05) is 6.54 Å². The second-order valence-electron chi connectivity index (χ2n) is 4.79. The molecule has 0 saturated heterocycles. The molecule has 0 spiro atoms. The largest absolute Gasteiger partial charge is 0.355 e. The number of rotatable bonds is 6. The van der Waals surface area contributed by atoms with Crippen LogP contribution in [0.1, 0.15) is 46.0 Å². The topological polar surface area (TPSA) is 55.1 Å². The molecular weight excluding hydrogens is 188 g/mol. The Kier molecular flexibility index (Phi) is 5.09. The van der Waals surface area contributed by atoms with E-state index >= 15 is 0 Å². The highest BCUT2D eigenvalue weighted by Crippen LogP contribution is 2.28. The number of hydrogen-bond donors (Lipinski definition) is 2. The number of carbonyl (C=O) groups is 1. The Labute approximate surface area is 92.8 Å². The Hall–Kier alpha value is -0.570. The molecule has 1 amide bonds. The number of carbonyl (C=O) groups excluding carboxylic acids is 1. The lowest BCUT2D eigenvalue weighted by Crippen LogP contribution is -2.45. The molecule has 2 atom stereocenters. The first-order valence-corrected chi connectivity index (χ1v) is 6.18. The predicted octanol–water partition coefficient (Wildman–Crippen LogP) is 1.67. The van der Waals surface area contributed by atoms with Gasteiger partial charge < -0.3 is 11.1 Å². The van der Waals surface area contributed by atoms with Gasteiger partial charge in [-0.1, -0.05) is 39.5 Å². The van der Waals surface area contributed by atoms with Crippen LogP contribution >= 0.6 is 0 Å². The molecule has 1 fully saturated rings. The Balaban J connectivity index is 2.11. The molecular formula is C12H24N2O. The summed E-state index contributed by atoms with van der Waals surface area (Å²) in [5.41, 5.74) is 5.82. The maximum absolute atomic E-state index is 11.6. The predicted molar refractivity (Wildman–Crippen MR) is 62.4 cm³/mol. The van der Waals surface area contributed by atoms with E-state index in [9.17, 15) is 4.79 Å². The lowest BCUT2D eigenvalue weighted by atomic mass is 9.83. The molecule has 0 aromatic carbocycles. The van der Waals surface area contributed by atoms with Gasteiger partial charge in [-0.3, -0.25) is 4.79 Å². The highest BCUT2D eigenvalue weighted by Gasteiger charge is 2.20. The van der Waals surface area contributed by atoms with E-state index in [1.165, 1.54) is 19.3 Å². The van der Waals surface area contributed by atoms with Crippen molar-refractivity contribution >= 4 is 5.91 Å². The van der Waals surface area contributed by atoms with Gasteiger partial charge in [-0.05, 0) is 18.3 Å². The van der Waals surface area contributed by atoms with Crippen molar-refractivity contribution in [1.29, 1.82) is 0 Å². The van der Waals surface area contributed by atoms with E-state index in [4.69, 9.17) is 5.73 Å². The zero-order chi connectivity index (χ0) is 11.3. The Morgan fingerprint density at radius 2 is 2.20 bits per heavy atom. The first-order valence-electron chi connectivity index (χ1n) is 6.18. The zero-order valence-corrected chi connectivity index (χ0v) is 9.96. The molecule has 15 heavy (non-hydrogen) atoms. The van der Waals surface area contributed by atoms with E-state index in [-0.39, 0.29) is 17.9 Å². The fourth-order valence-electron chi connectivity index (χ4n) is 1.81. The van der Waals surface area contributed by atoms with Crippen molar-refractivity contribution in [2.45, 2.75) is 52.0 Å². The molecule has 0 heterocycles. The molecule has 3 nitrogen and oxygen atoms in total. The van der Waals surface area contributed by atoms with Gasteiger partial charge in [-0.2, -0.15) is 0 Å². The van der Waals surface area contributed by atoms with Crippen molar-refractivity contribution in [2.24, 2.45) is 17.6 Å². The minimum atomic E-state index is -0.337. The van der Waals surface area contributed by atoms with Crippen LogP contribution in [0, 0.1) is 11.8 Å². The zero-order valence-electron chi connectivity index (χ0n) is 9.96. The van der Waals surface area contributed by atoms with E-state index < -0.39 is 0 Å². The van der Waals surface area contributed by atoms with Gasteiger partial charge >= 0.3 is 0 Å². The van der Waals surface area contributed by atoms with Crippen LogP contribution in [0.4, 0.5) is 0 Å². The minimum Gasteiger partial charge on any atom is -0.355 e. The highest BCUT2D eigenvalue weighted by molar-refractivity contribution is 5.81. The smallest absolute Gasteiger partial charge is 0.237 e. The van der Waals surface area contributed by atoms with E-state index in [0.717, 1.165) is 25.3 Å². The fourth-order valence-corrected chi connectivity index (χ4v) is 1.81. The van der Waals surface area contributed by atoms with Gasteiger partial charge in [0.05, 0.1) is 6.04 Å². The van der Waals surface area contributed by atoms with Crippen LogP contribution in [0.2, 0.25) is 0 Å². The lowest BCUT2D eigenvalue weighted by molar-refractivity contribution is -0.123. The second kappa shape index (κ2) is 6.11. The number of amides is 1. The van der Waals surface area contributed by atoms with E-state index in [1.54, 1.807) is 0 Å². The Bertz CT molecular complexity index is 202. The number of nitrogens with one attached hydrogen (secondary N) is 1. The summed E-state index contributed by atoms with van der Waals surface area (Å²) in [5, 5.41) is 2.93. The maximum Gasteiger partial charge on any atom is 0.237 e. The summed E-state index contributed by atoms with van der Waals surface area (Å²) in [6.45, 7) is 4.88. The molecule has 3 heteroatoms. The number of nitrogens with two attached hydrogens (primary N) is 1. The van der Waals surface area contributed by atoms with Crippen LogP contribution in [0.25, 0.3) is 0 Å². The molecule has 0 aliphatic heterocycles. The molecule has 2 unspecified atom stereocenters. The third-order valence-corrected chi connectivity index (χ3v) is 3.64. The summed E-state index contributed by atoms with van der Waals surface area (Å²) in [6, 6.07) is -0.337. The lowest BCUT2D eigenvalue weighted by Gasteiger charge is -2.25. The monoisotopic (exact) mass is 212 g/mol. The molecule has 1 rings (SSSR count). The highest BCUT2D eigenvalue weighted by atomic mass is 16.2. The standard InChI is InChI=1S/C12H24N2O/c1-3-9(2)11(13)12(15)14-8-7-10-5-4-6-10/h9-11H,3-8,13H2,1-2H3,(H,14,15). The summed E-state index contributed by atoms with van der Waals surface area (Å²) >= 11 is 0. The van der Waals surface area contributed by atoms with Crippen molar-refractivity contribution < 1.29 is 4.79 Å². The number of hydrogen-bond acceptors (Lipinski definition) is 2. The molecule has 1 saturated carbocycles. The van der Waals surface area contributed by atoms with E-state index in [2.05, 4.69) is 12.2 Å². The SMILES string of the molecule is CCC(C)C(N)C(=O)NCCC1CCC1. The van der Waals surface area contributed by atoms with Gasteiger partial charge in [0.1, 0.15) is 0 Å². The first-order chi connectivity index (χ1) is 7.15. The van der Waals surface area contributed by atoms with Gasteiger partial charge in [-0.15, -0.1) is 0 Å². The van der Waals surface area contributed by atoms with Gasteiger partial charge in [0.15, 0.2) is 0 Å². The van der Waals surface area contributed by atoms with Crippen molar-refractivity contribution in [3.8, 4) is 0 Å². The maximum atomic E-state index is 11.6. The van der Waals surface area contributed by atoms with Crippen molar-refractivity contribution in [3.05, 3.63) is 0 Å². The first kappa shape index (κ1) is 12.5. The molecule has 3 N–H and O–H groups in total. The van der Waals surface area contributed by atoms with Crippen LogP contribution in [0.3, 0.4) is 0 Å². The van der Waals surface area contributed by atoms with Gasteiger partial charge in [0, 0.05) is 6.54 Å². The van der Waals surface area contributed by atoms with Gasteiger partial charge in [0.2, 0.25) is 5.91 Å². The Morgan fingerprint density at radius 1 is 1.53 bits per heavy atom. The second-order valence-corrected chi connectivity index (χ2v) is 4.79. The molecule has 1 aliphatic carbocycles. The van der Waals surface area contributed by atoms with Crippen LogP contribution in [-0.2, 0) is 4.79 Å². The summed E-state index contributed by atoms with van der Waals surface area (Å²) in [4.78, 5) is 11.6. The summed E-state index contributed by atoms with van der Waals surface area (Å²) < 4.78 is 0. The van der Waals surface area contributed by atoms with Gasteiger partial charge in [0.25, 0.3) is 0 Å². The third kappa shape index (κ3) is 3.82. The molecule has 0 radical (unpaired) electrons.